The molecule has 1 aromatic heterocycles. The Labute approximate surface area is 161 Å². The maximum atomic E-state index is 12.0. The predicted octanol–water partition coefficient (Wildman–Crippen LogP) is 3.21. The van der Waals surface area contributed by atoms with Crippen molar-refractivity contribution in [2.24, 2.45) is 0 Å². The molecule has 0 aliphatic rings. The number of halogens is 1. The smallest absolute Gasteiger partial charge is 0.347 e. The Kier molecular flexibility index (Phi) is 6.48. The van der Waals surface area contributed by atoms with Crippen LogP contribution in [0.3, 0.4) is 0 Å². The SMILES string of the molecule is CCOC(=O)C(C)Oc1c(Cl)cc(-c2cc(C)[nH]c(=O)c2C#N)cc1OC. The summed E-state index contributed by atoms with van der Waals surface area (Å²) in [5, 5.41) is 9.49. The normalized spacial score (nSPS) is 11.4. The van der Waals surface area contributed by atoms with Crippen LogP contribution in [0.2, 0.25) is 5.02 Å². The molecule has 2 aromatic rings. The second-order valence-corrected chi connectivity index (χ2v) is 6.09. The van der Waals surface area contributed by atoms with Crippen LogP contribution in [0.25, 0.3) is 11.1 Å². The van der Waals surface area contributed by atoms with E-state index in [-0.39, 0.29) is 28.7 Å². The lowest BCUT2D eigenvalue weighted by Gasteiger charge is -2.18. The molecule has 0 saturated carbocycles. The number of hydrogen-bond donors (Lipinski definition) is 1. The van der Waals surface area contributed by atoms with Crippen molar-refractivity contribution in [3.05, 3.63) is 44.8 Å². The number of nitrogens with zero attached hydrogens (tertiary/aromatic N) is 1. The van der Waals surface area contributed by atoms with Gasteiger partial charge in [-0.1, -0.05) is 11.6 Å². The van der Waals surface area contributed by atoms with Crippen molar-refractivity contribution in [1.29, 1.82) is 5.26 Å². The number of nitrogens with one attached hydrogen (secondary N) is 1. The number of benzene rings is 1. The lowest BCUT2D eigenvalue weighted by molar-refractivity contribution is -0.150. The first-order chi connectivity index (χ1) is 12.8. The Balaban J connectivity index is 2.53. The molecule has 1 aromatic carbocycles. The third-order valence-electron chi connectivity index (χ3n) is 3.73. The summed E-state index contributed by atoms with van der Waals surface area (Å²) in [5.41, 5.74) is 1.01. The molecule has 0 saturated heterocycles. The number of hydrogen-bond acceptors (Lipinski definition) is 6. The van der Waals surface area contributed by atoms with Crippen molar-refractivity contribution >= 4 is 17.6 Å². The summed E-state index contributed by atoms with van der Waals surface area (Å²) < 4.78 is 15.9. The van der Waals surface area contributed by atoms with E-state index >= 15 is 0 Å². The third kappa shape index (κ3) is 4.41. The van der Waals surface area contributed by atoms with Crippen molar-refractivity contribution < 1.29 is 19.0 Å². The largest absolute Gasteiger partial charge is 0.493 e. The molecule has 8 heteroatoms. The number of carbonyl (C=O) groups is 1. The van der Waals surface area contributed by atoms with Gasteiger partial charge in [-0.05, 0) is 44.5 Å². The molecule has 2 rings (SSSR count). The van der Waals surface area contributed by atoms with Gasteiger partial charge < -0.3 is 19.2 Å². The van der Waals surface area contributed by atoms with Gasteiger partial charge in [-0.2, -0.15) is 5.26 Å². The standard InChI is InChI=1S/C19H19ClN2O5/c1-5-26-19(24)11(3)27-17-15(20)7-12(8-16(17)25-4)13-6-10(2)22-18(23)14(13)9-21/h6-8,11H,5H2,1-4H3,(H,22,23). The highest BCUT2D eigenvalue weighted by molar-refractivity contribution is 6.32. The van der Waals surface area contributed by atoms with Gasteiger partial charge in [0, 0.05) is 11.3 Å². The Hall–Kier alpha value is -2.98. The molecule has 0 fully saturated rings. The van der Waals surface area contributed by atoms with E-state index in [4.69, 9.17) is 25.8 Å². The number of aromatic nitrogens is 1. The molecule has 0 radical (unpaired) electrons. The van der Waals surface area contributed by atoms with Crippen molar-refractivity contribution in [2.75, 3.05) is 13.7 Å². The monoisotopic (exact) mass is 390 g/mol. The second kappa shape index (κ2) is 8.60. The van der Waals surface area contributed by atoms with Crippen LogP contribution in [0, 0.1) is 18.3 Å². The summed E-state index contributed by atoms with van der Waals surface area (Å²) in [6.45, 7) is 5.18. The Bertz CT molecular complexity index is 962. The number of ether oxygens (including phenoxy) is 3. The van der Waals surface area contributed by atoms with E-state index in [1.54, 1.807) is 32.0 Å². The first-order valence-electron chi connectivity index (χ1n) is 8.17. The first-order valence-corrected chi connectivity index (χ1v) is 8.55. The van der Waals surface area contributed by atoms with Gasteiger partial charge in [-0.15, -0.1) is 0 Å². The zero-order chi connectivity index (χ0) is 20.1. The zero-order valence-electron chi connectivity index (χ0n) is 15.4. The molecule has 0 aliphatic heterocycles. The number of methoxy groups -OCH3 is 1. The average molecular weight is 391 g/mol. The van der Waals surface area contributed by atoms with Crippen molar-refractivity contribution in [1.82, 2.24) is 4.98 Å². The predicted molar refractivity (Wildman–Crippen MR) is 100 cm³/mol. The summed E-state index contributed by atoms with van der Waals surface area (Å²) in [5.74, 6) is -0.101. The molecule has 0 bridgehead atoms. The van der Waals surface area contributed by atoms with Gasteiger partial charge in [0.2, 0.25) is 0 Å². The molecule has 0 spiro atoms. The number of aryl methyl sites for hydroxylation is 1. The van der Waals surface area contributed by atoms with Crippen LogP contribution in [0.5, 0.6) is 11.5 Å². The molecular formula is C19H19ClN2O5. The van der Waals surface area contributed by atoms with Crippen molar-refractivity contribution in [3.8, 4) is 28.7 Å². The molecule has 1 atom stereocenters. The summed E-state index contributed by atoms with van der Waals surface area (Å²) in [7, 11) is 1.42. The van der Waals surface area contributed by atoms with Gasteiger partial charge >= 0.3 is 5.97 Å². The fourth-order valence-corrected chi connectivity index (χ4v) is 2.76. The molecule has 0 amide bonds. The number of nitriles is 1. The van der Waals surface area contributed by atoms with Crippen LogP contribution in [0.1, 0.15) is 25.1 Å². The molecular weight excluding hydrogens is 372 g/mol. The van der Waals surface area contributed by atoms with Gasteiger partial charge in [0.25, 0.3) is 5.56 Å². The maximum absolute atomic E-state index is 12.0. The third-order valence-corrected chi connectivity index (χ3v) is 4.01. The highest BCUT2D eigenvalue weighted by atomic mass is 35.5. The summed E-state index contributed by atoms with van der Waals surface area (Å²) in [6, 6.07) is 6.72. The van der Waals surface area contributed by atoms with E-state index in [0.29, 0.717) is 16.8 Å². The van der Waals surface area contributed by atoms with E-state index in [1.807, 2.05) is 6.07 Å². The van der Waals surface area contributed by atoms with Crippen molar-refractivity contribution in [2.45, 2.75) is 26.9 Å². The fourth-order valence-electron chi connectivity index (χ4n) is 2.50. The van der Waals surface area contributed by atoms with E-state index in [9.17, 15) is 14.9 Å². The molecule has 27 heavy (non-hydrogen) atoms. The molecule has 1 unspecified atom stereocenters. The molecule has 1 N–H and O–H groups in total. The Morgan fingerprint density at radius 3 is 2.67 bits per heavy atom. The van der Waals surface area contributed by atoms with Gasteiger partial charge in [-0.25, -0.2) is 4.79 Å². The van der Waals surface area contributed by atoms with Gasteiger partial charge in [-0.3, -0.25) is 4.79 Å². The topological polar surface area (TPSA) is 101 Å². The highest BCUT2D eigenvalue weighted by Crippen LogP contribution is 2.40. The van der Waals surface area contributed by atoms with Gasteiger partial charge in [0.1, 0.15) is 11.6 Å². The molecule has 142 valence electrons. The summed E-state index contributed by atoms with van der Waals surface area (Å²) >= 11 is 6.34. The quantitative estimate of drug-likeness (QED) is 0.760. The number of carbonyl (C=O) groups excluding carboxylic acids is 1. The number of H-pyrrole nitrogens is 1. The lowest BCUT2D eigenvalue weighted by Crippen LogP contribution is -2.26. The lowest BCUT2D eigenvalue weighted by atomic mass is 10.0. The summed E-state index contributed by atoms with van der Waals surface area (Å²) in [6.07, 6.45) is -0.890. The number of rotatable bonds is 6. The molecule has 7 nitrogen and oxygen atoms in total. The number of pyridine rings is 1. The second-order valence-electron chi connectivity index (χ2n) is 5.68. The fraction of sp³-hybridized carbons (Fsp3) is 0.316. The highest BCUT2D eigenvalue weighted by Gasteiger charge is 2.22. The van der Waals surface area contributed by atoms with Crippen LogP contribution in [-0.4, -0.2) is 30.8 Å². The minimum absolute atomic E-state index is 0.0349. The Morgan fingerprint density at radius 1 is 1.37 bits per heavy atom. The number of esters is 1. The van der Waals surface area contributed by atoms with Crippen LogP contribution in [0.4, 0.5) is 0 Å². The van der Waals surface area contributed by atoms with E-state index in [1.165, 1.54) is 14.0 Å². The van der Waals surface area contributed by atoms with Crippen LogP contribution < -0.4 is 15.0 Å². The average Bonchev–Trinajstić information content (AvgIpc) is 2.62. The van der Waals surface area contributed by atoms with Crippen LogP contribution in [-0.2, 0) is 9.53 Å². The molecule has 0 aliphatic carbocycles. The zero-order valence-corrected chi connectivity index (χ0v) is 16.1. The van der Waals surface area contributed by atoms with Gasteiger partial charge in [0.15, 0.2) is 17.6 Å². The minimum Gasteiger partial charge on any atom is -0.493 e. The Morgan fingerprint density at radius 2 is 2.07 bits per heavy atom. The van der Waals surface area contributed by atoms with E-state index < -0.39 is 17.6 Å². The number of aromatic amines is 1. The van der Waals surface area contributed by atoms with E-state index in [2.05, 4.69) is 4.98 Å². The minimum atomic E-state index is -0.890. The maximum Gasteiger partial charge on any atom is 0.347 e. The summed E-state index contributed by atoms with van der Waals surface area (Å²) in [4.78, 5) is 26.4. The molecule has 1 heterocycles. The van der Waals surface area contributed by atoms with Crippen LogP contribution in [0.15, 0.2) is 23.0 Å². The van der Waals surface area contributed by atoms with Crippen LogP contribution >= 0.6 is 11.6 Å². The first kappa shape index (κ1) is 20.3. The van der Waals surface area contributed by atoms with E-state index in [0.717, 1.165) is 0 Å². The van der Waals surface area contributed by atoms with Gasteiger partial charge in [0.05, 0.1) is 18.7 Å². The van der Waals surface area contributed by atoms with Crippen molar-refractivity contribution in [3.63, 3.8) is 0 Å².